The molecule has 0 unspecified atom stereocenters. The van der Waals surface area contributed by atoms with Crippen LogP contribution in [-0.4, -0.2) is 43.7 Å². The Kier molecular flexibility index (Phi) is 3.84. The number of nitrogens with zero attached hydrogens (tertiary/aromatic N) is 1. The summed E-state index contributed by atoms with van der Waals surface area (Å²) in [6, 6.07) is 5.69. The van der Waals surface area contributed by atoms with Crippen LogP contribution in [0.1, 0.15) is 18.4 Å². The molecule has 3 rings (SSSR count). The van der Waals surface area contributed by atoms with Crippen LogP contribution >= 0.6 is 0 Å². The zero-order chi connectivity index (χ0) is 14.8. The Bertz CT molecular complexity index is 583. The van der Waals surface area contributed by atoms with Gasteiger partial charge in [0.2, 0.25) is 0 Å². The molecule has 2 aliphatic heterocycles. The standard InChI is InChI=1S/C16H20N2O3/c1-20-14-5-4-11-7-12(10-21-15(11)8-14)16(19)18-6-2-3-13(17)9-18/h4-5,7-8,13H,2-3,6,9-10,17H2,1H3/t13-/m0/s1. The molecule has 0 aliphatic carbocycles. The van der Waals surface area contributed by atoms with Crippen LogP contribution in [-0.2, 0) is 4.79 Å². The molecule has 1 aromatic carbocycles. The van der Waals surface area contributed by atoms with E-state index < -0.39 is 0 Å². The maximum Gasteiger partial charge on any atom is 0.253 e. The van der Waals surface area contributed by atoms with E-state index in [2.05, 4.69) is 0 Å². The summed E-state index contributed by atoms with van der Waals surface area (Å²) in [5, 5.41) is 0. The highest BCUT2D eigenvalue weighted by Crippen LogP contribution is 2.30. The molecule has 5 heteroatoms. The molecule has 1 fully saturated rings. The van der Waals surface area contributed by atoms with Gasteiger partial charge in [-0.25, -0.2) is 0 Å². The third kappa shape index (κ3) is 2.88. The van der Waals surface area contributed by atoms with Crippen molar-refractivity contribution in [3.63, 3.8) is 0 Å². The van der Waals surface area contributed by atoms with Crippen molar-refractivity contribution in [1.82, 2.24) is 4.90 Å². The van der Waals surface area contributed by atoms with E-state index in [1.165, 1.54) is 0 Å². The van der Waals surface area contributed by atoms with Gasteiger partial charge in [0, 0.05) is 30.8 Å². The molecule has 0 aromatic heterocycles. The molecule has 0 saturated carbocycles. The van der Waals surface area contributed by atoms with E-state index in [1.807, 2.05) is 29.2 Å². The summed E-state index contributed by atoms with van der Waals surface area (Å²) >= 11 is 0. The SMILES string of the molecule is COc1ccc2c(c1)OCC(C(=O)N1CCC[C@H](N)C1)=C2. The molecule has 1 aromatic rings. The normalized spacial score (nSPS) is 21.1. The molecule has 0 bridgehead atoms. The van der Waals surface area contributed by atoms with Gasteiger partial charge < -0.3 is 20.1 Å². The Morgan fingerprint density at radius 1 is 1.48 bits per heavy atom. The smallest absolute Gasteiger partial charge is 0.253 e. The zero-order valence-electron chi connectivity index (χ0n) is 12.2. The third-order valence-corrected chi connectivity index (χ3v) is 3.95. The fourth-order valence-corrected chi connectivity index (χ4v) is 2.79. The predicted molar refractivity (Wildman–Crippen MR) is 80.3 cm³/mol. The number of carbonyl (C=O) groups is 1. The highest BCUT2D eigenvalue weighted by atomic mass is 16.5. The summed E-state index contributed by atoms with van der Waals surface area (Å²) in [5.41, 5.74) is 7.53. The monoisotopic (exact) mass is 288 g/mol. The van der Waals surface area contributed by atoms with Crippen LogP contribution in [0.2, 0.25) is 0 Å². The quantitative estimate of drug-likeness (QED) is 0.894. The van der Waals surface area contributed by atoms with E-state index in [0.717, 1.165) is 36.4 Å². The van der Waals surface area contributed by atoms with Crippen molar-refractivity contribution < 1.29 is 14.3 Å². The number of amides is 1. The lowest BCUT2D eigenvalue weighted by Crippen LogP contribution is -2.46. The molecule has 2 aliphatic rings. The summed E-state index contributed by atoms with van der Waals surface area (Å²) in [6.07, 6.45) is 3.86. The summed E-state index contributed by atoms with van der Waals surface area (Å²) < 4.78 is 10.9. The largest absolute Gasteiger partial charge is 0.497 e. The summed E-state index contributed by atoms with van der Waals surface area (Å²) in [6.45, 7) is 1.70. The molecule has 2 heterocycles. The summed E-state index contributed by atoms with van der Waals surface area (Å²) in [5.74, 6) is 1.53. The third-order valence-electron chi connectivity index (χ3n) is 3.95. The van der Waals surface area contributed by atoms with Crippen molar-refractivity contribution in [3.8, 4) is 11.5 Å². The van der Waals surface area contributed by atoms with E-state index in [0.29, 0.717) is 18.7 Å². The molecule has 1 atom stereocenters. The van der Waals surface area contributed by atoms with Gasteiger partial charge >= 0.3 is 0 Å². The lowest BCUT2D eigenvalue weighted by Gasteiger charge is -2.32. The van der Waals surface area contributed by atoms with Gasteiger partial charge in [-0.1, -0.05) is 0 Å². The van der Waals surface area contributed by atoms with Gasteiger partial charge in [-0.15, -0.1) is 0 Å². The van der Waals surface area contributed by atoms with Crippen LogP contribution in [0.4, 0.5) is 0 Å². The number of hydrogen-bond donors (Lipinski definition) is 1. The van der Waals surface area contributed by atoms with Crippen LogP contribution in [0.15, 0.2) is 23.8 Å². The van der Waals surface area contributed by atoms with Crippen molar-refractivity contribution in [2.75, 3.05) is 26.8 Å². The van der Waals surface area contributed by atoms with Crippen LogP contribution < -0.4 is 15.2 Å². The first-order valence-electron chi connectivity index (χ1n) is 7.23. The van der Waals surface area contributed by atoms with E-state index in [-0.39, 0.29) is 11.9 Å². The highest BCUT2D eigenvalue weighted by Gasteiger charge is 2.26. The second kappa shape index (κ2) is 5.77. The van der Waals surface area contributed by atoms with Gasteiger partial charge in [-0.3, -0.25) is 4.79 Å². The van der Waals surface area contributed by atoms with E-state index >= 15 is 0 Å². The van der Waals surface area contributed by atoms with E-state index in [1.54, 1.807) is 7.11 Å². The number of methoxy groups -OCH3 is 1. The number of piperidine rings is 1. The Balaban J connectivity index is 1.79. The number of nitrogens with two attached hydrogens (primary N) is 1. The second-order valence-corrected chi connectivity index (χ2v) is 5.52. The highest BCUT2D eigenvalue weighted by molar-refractivity contribution is 5.99. The molecule has 21 heavy (non-hydrogen) atoms. The maximum absolute atomic E-state index is 12.5. The topological polar surface area (TPSA) is 64.8 Å². The van der Waals surface area contributed by atoms with Gasteiger partial charge in [0.25, 0.3) is 5.91 Å². The predicted octanol–water partition coefficient (Wildman–Crippen LogP) is 1.42. The average Bonchev–Trinajstić information content (AvgIpc) is 2.53. The number of fused-ring (bicyclic) bond motifs is 1. The van der Waals surface area contributed by atoms with Crippen LogP contribution in [0.3, 0.4) is 0 Å². The first kappa shape index (κ1) is 13.9. The molecule has 1 saturated heterocycles. The maximum atomic E-state index is 12.5. The van der Waals surface area contributed by atoms with Crippen molar-refractivity contribution >= 4 is 12.0 Å². The van der Waals surface area contributed by atoms with Crippen LogP contribution in [0, 0.1) is 0 Å². The Labute approximate surface area is 124 Å². The molecule has 0 spiro atoms. The first-order chi connectivity index (χ1) is 10.2. The van der Waals surface area contributed by atoms with Crippen molar-refractivity contribution in [1.29, 1.82) is 0 Å². The minimum atomic E-state index is 0.0339. The Morgan fingerprint density at radius 2 is 2.33 bits per heavy atom. The number of rotatable bonds is 2. The van der Waals surface area contributed by atoms with Gasteiger partial charge in [0.15, 0.2) is 0 Å². The zero-order valence-corrected chi connectivity index (χ0v) is 12.2. The minimum absolute atomic E-state index is 0.0339. The molecule has 1 amide bonds. The summed E-state index contributed by atoms with van der Waals surface area (Å²) in [4.78, 5) is 14.4. The summed E-state index contributed by atoms with van der Waals surface area (Å²) in [7, 11) is 1.62. The number of ether oxygens (including phenoxy) is 2. The molecular weight excluding hydrogens is 268 g/mol. The van der Waals surface area contributed by atoms with Gasteiger partial charge in [0.1, 0.15) is 18.1 Å². The molecular formula is C16H20N2O3. The number of carbonyl (C=O) groups excluding carboxylic acids is 1. The lowest BCUT2D eigenvalue weighted by molar-refractivity contribution is -0.128. The van der Waals surface area contributed by atoms with Crippen LogP contribution in [0.5, 0.6) is 11.5 Å². The molecule has 2 N–H and O–H groups in total. The molecule has 5 nitrogen and oxygen atoms in total. The fourth-order valence-electron chi connectivity index (χ4n) is 2.79. The lowest BCUT2D eigenvalue weighted by atomic mass is 10.0. The first-order valence-corrected chi connectivity index (χ1v) is 7.23. The number of likely N-dealkylation sites (tertiary alicyclic amines) is 1. The second-order valence-electron chi connectivity index (χ2n) is 5.52. The Morgan fingerprint density at radius 3 is 3.10 bits per heavy atom. The minimum Gasteiger partial charge on any atom is -0.497 e. The Hall–Kier alpha value is -2.01. The van der Waals surface area contributed by atoms with E-state index in [9.17, 15) is 4.79 Å². The van der Waals surface area contributed by atoms with Gasteiger partial charge in [0.05, 0.1) is 12.7 Å². The van der Waals surface area contributed by atoms with Crippen LogP contribution in [0.25, 0.3) is 6.08 Å². The van der Waals surface area contributed by atoms with Crippen molar-refractivity contribution in [2.24, 2.45) is 5.73 Å². The van der Waals surface area contributed by atoms with Crippen molar-refractivity contribution in [3.05, 3.63) is 29.3 Å². The molecule has 0 radical (unpaired) electrons. The average molecular weight is 288 g/mol. The number of benzene rings is 1. The van der Waals surface area contributed by atoms with Gasteiger partial charge in [-0.05, 0) is 31.1 Å². The van der Waals surface area contributed by atoms with Crippen molar-refractivity contribution in [2.45, 2.75) is 18.9 Å². The van der Waals surface area contributed by atoms with E-state index in [4.69, 9.17) is 15.2 Å². The molecule has 112 valence electrons. The fraction of sp³-hybridized carbons (Fsp3) is 0.438. The van der Waals surface area contributed by atoms with Gasteiger partial charge in [-0.2, -0.15) is 0 Å². The number of hydrogen-bond acceptors (Lipinski definition) is 4.